The molecule has 0 aliphatic carbocycles. The molecule has 0 spiro atoms. The van der Waals surface area contributed by atoms with E-state index >= 15 is 0 Å². The van der Waals surface area contributed by atoms with Crippen LogP contribution >= 0.6 is 0 Å². The van der Waals surface area contributed by atoms with Crippen molar-refractivity contribution in [2.75, 3.05) is 26.3 Å². The summed E-state index contributed by atoms with van der Waals surface area (Å²) >= 11 is 0. The molecule has 0 amide bonds. The summed E-state index contributed by atoms with van der Waals surface area (Å²) in [6, 6.07) is 18.8. The number of pyridine rings is 1. The molecule has 4 aromatic rings. The van der Waals surface area contributed by atoms with Crippen LogP contribution in [0.2, 0.25) is 0 Å². The van der Waals surface area contributed by atoms with Crippen LogP contribution in [-0.2, 0) is 17.7 Å². The van der Waals surface area contributed by atoms with E-state index in [9.17, 15) is 4.39 Å². The van der Waals surface area contributed by atoms with E-state index in [2.05, 4.69) is 38.3 Å². The van der Waals surface area contributed by atoms with Crippen LogP contribution in [0.25, 0.3) is 10.9 Å². The third kappa shape index (κ3) is 4.64. The van der Waals surface area contributed by atoms with Gasteiger partial charge >= 0.3 is 0 Å². The Morgan fingerprint density at radius 2 is 2.00 bits per heavy atom. The molecule has 7 heteroatoms. The largest absolute Gasteiger partial charge is 0.490 e. The van der Waals surface area contributed by atoms with Gasteiger partial charge in [-0.05, 0) is 35.9 Å². The molecule has 5 rings (SSSR count). The van der Waals surface area contributed by atoms with Crippen LogP contribution in [0.1, 0.15) is 23.1 Å². The third-order valence-electron chi connectivity index (χ3n) is 5.73. The number of hydrogen-bond acceptors (Lipinski definition) is 5. The number of nitrogens with zero attached hydrogens (tertiary/aromatic N) is 3. The summed E-state index contributed by atoms with van der Waals surface area (Å²) in [5, 5.41) is 8.71. The summed E-state index contributed by atoms with van der Waals surface area (Å²) in [5.41, 5.74) is 4.11. The van der Waals surface area contributed by atoms with Crippen molar-refractivity contribution in [3.05, 3.63) is 89.6 Å². The second kappa shape index (κ2) is 9.46. The van der Waals surface area contributed by atoms with E-state index in [0.717, 1.165) is 36.5 Å². The van der Waals surface area contributed by atoms with Gasteiger partial charge in [0.1, 0.15) is 6.10 Å². The molecule has 2 aromatic carbocycles. The van der Waals surface area contributed by atoms with Crippen LogP contribution < -0.4 is 4.74 Å². The number of nitrogens with one attached hydrogen (secondary N) is 1. The number of hydrogen-bond donors (Lipinski definition) is 1. The van der Waals surface area contributed by atoms with Gasteiger partial charge in [0.25, 0.3) is 0 Å². The van der Waals surface area contributed by atoms with Crippen molar-refractivity contribution in [2.45, 2.75) is 19.1 Å². The standard InChI is InChI=1S/C25H25FN4O2/c26-21-6-2-4-8-24(21)31-13-10-19-15-23(29-28-19)25-17-30(12-14-32-25)16-18-9-11-27-22-7-3-1-5-20(18)22/h1-9,11,15,25H,10,12-14,16-17H2,(H,28,29)/t25-/m1/s1. The van der Waals surface area contributed by atoms with E-state index in [0.29, 0.717) is 19.6 Å². The molecule has 1 atom stereocenters. The molecule has 0 radical (unpaired) electrons. The quantitative estimate of drug-likeness (QED) is 0.472. The number of para-hydroxylation sites is 2. The van der Waals surface area contributed by atoms with Gasteiger partial charge in [0.15, 0.2) is 11.6 Å². The fraction of sp³-hybridized carbons (Fsp3) is 0.280. The number of benzene rings is 2. The molecule has 6 nitrogen and oxygen atoms in total. The molecule has 1 fully saturated rings. The number of fused-ring (bicyclic) bond motifs is 1. The van der Waals surface area contributed by atoms with Gasteiger partial charge in [0.05, 0.1) is 24.4 Å². The highest BCUT2D eigenvalue weighted by atomic mass is 19.1. The average Bonchev–Trinajstić information content (AvgIpc) is 3.30. The maximum atomic E-state index is 13.7. The molecular weight excluding hydrogens is 407 g/mol. The van der Waals surface area contributed by atoms with Crippen LogP contribution in [-0.4, -0.2) is 46.4 Å². The Hall–Kier alpha value is -3.29. The van der Waals surface area contributed by atoms with E-state index in [1.54, 1.807) is 18.2 Å². The Morgan fingerprint density at radius 3 is 2.94 bits per heavy atom. The van der Waals surface area contributed by atoms with Crippen molar-refractivity contribution in [2.24, 2.45) is 0 Å². The van der Waals surface area contributed by atoms with Gasteiger partial charge in [0, 0.05) is 43.3 Å². The second-order valence-electron chi connectivity index (χ2n) is 7.93. The van der Waals surface area contributed by atoms with E-state index in [1.807, 2.05) is 24.4 Å². The molecule has 1 N–H and O–H groups in total. The Balaban J connectivity index is 1.19. The molecule has 0 bridgehead atoms. The van der Waals surface area contributed by atoms with Crippen molar-refractivity contribution >= 4 is 10.9 Å². The van der Waals surface area contributed by atoms with Crippen LogP contribution in [0.5, 0.6) is 5.75 Å². The Labute approximate surface area is 186 Å². The molecule has 1 saturated heterocycles. The number of aromatic nitrogens is 3. The van der Waals surface area contributed by atoms with E-state index in [-0.39, 0.29) is 17.7 Å². The van der Waals surface area contributed by atoms with Gasteiger partial charge in [-0.15, -0.1) is 0 Å². The first-order chi connectivity index (χ1) is 15.8. The predicted octanol–water partition coefficient (Wildman–Crippen LogP) is 4.29. The first-order valence-corrected chi connectivity index (χ1v) is 10.8. The van der Waals surface area contributed by atoms with Crippen molar-refractivity contribution in [1.82, 2.24) is 20.1 Å². The zero-order chi connectivity index (χ0) is 21.8. The molecule has 1 aliphatic rings. The smallest absolute Gasteiger partial charge is 0.165 e. The fourth-order valence-corrected chi connectivity index (χ4v) is 4.06. The molecule has 32 heavy (non-hydrogen) atoms. The van der Waals surface area contributed by atoms with E-state index in [4.69, 9.17) is 9.47 Å². The highest BCUT2D eigenvalue weighted by Crippen LogP contribution is 2.25. The molecule has 0 saturated carbocycles. The van der Waals surface area contributed by atoms with Gasteiger partial charge < -0.3 is 9.47 Å². The predicted molar refractivity (Wildman–Crippen MR) is 120 cm³/mol. The van der Waals surface area contributed by atoms with Crippen molar-refractivity contribution in [3.63, 3.8) is 0 Å². The summed E-state index contributed by atoms with van der Waals surface area (Å²) < 4.78 is 25.2. The summed E-state index contributed by atoms with van der Waals surface area (Å²) in [4.78, 5) is 6.85. The number of halogens is 1. The Morgan fingerprint density at radius 1 is 1.12 bits per heavy atom. The van der Waals surface area contributed by atoms with E-state index in [1.165, 1.54) is 17.0 Å². The zero-order valence-electron chi connectivity index (χ0n) is 17.7. The monoisotopic (exact) mass is 432 g/mol. The molecule has 1 aliphatic heterocycles. The fourth-order valence-electron chi connectivity index (χ4n) is 4.06. The lowest BCUT2D eigenvalue weighted by atomic mass is 10.1. The lowest BCUT2D eigenvalue weighted by Crippen LogP contribution is -2.38. The normalized spacial score (nSPS) is 17.0. The zero-order valence-corrected chi connectivity index (χ0v) is 17.7. The minimum atomic E-state index is -0.351. The second-order valence-corrected chi connectivity index (χ2v) is 7.93. The average molecular weight is 432 g/mol. The number of aromatic amines is 1. The number of morpholine rings is 1. The minimum Gasteiger partial charge on any atom is -0.490 e. The first kappa shape index (κ1) is 20.6. The topological polar surface area (TPSA) is 63.3 Å². The number of H-pyrrole nitrogens is 1. The van der Waals surface area contributed by atoms with Crippen LogP contribution in [0.3, 0.4) is 0 Å². The van der Waals surface area contributed by atoms with Gasteiger partial charge in [-0.3, -0.25) is 15.0 Å². The van der Waals surface area contributed by atoms with Gasteiger partial charge in [-0.25, -0.2) is 4.39 Å². The summed E-state index contributed by atoms with van der Waals surface area (Å²) in [6.07, 6.45) is 2.40. The summed E-state index contributed by atoms with van der Waals surface area (Å²) in [5.74, 6) is -0.0856. The Kier molecular flexibility index (Phi) is 6.09. The molecule has 2 aromatic heterocycles. The van der Waals surface area contributed by atoms with Crippen molar-refractivity contribution in [1.29, 1.82) is 0 Å². The first-order valence-electron chi connectivity index (χ1n) is 10.8. The van der Waals surface area contributed by atoms with Crippen LogP contribution in [0.15, 0.2) is 66.9 Å². The molecular formula is C25H25FN4O2. The number of ether oxygens (including phenoxy) is 2. The van der Waals surface area contributed by atoms with Crippen molar-refractivity contribution in [3.8, 4) is 5.75 Å². The van der Waals surface area contributed by atoms with Crippen molar-refractivity contribution < 1.29 is 13.9 Å². The van der Waals surface area contributed by atoms with Gasteiger partial charge in [-0.1, -0.05) is 30.3 Å². The lowest BCUT2D eigenvalue weighted by molar-refractivity contribution is -0.0348. The molecule has 3 heterocycles. The Bertz CT molecular complexity index is 1190. The lowest BCUT2D eigenvalue weighted by Gasteiger charge is -2.32. The maximum Gasteiger partial charge on any atom is 0.165 e. The SMILES string of the molecule is Fc1ccccc1OCCc1cc([C@H]2CN(Cc3ccnc4ccccc34)CCO2)n[nH]1. The molecule has 164 valence electrons. The minimum absolute atomic E-state index is 0.0886. The number of rotatable bonds is 7. The highest BCUT2D eigenvalue weighted by molar-refractivity contribution is 5.81. The third-order valence-corrected chi connectivity index (χ3v) is 5.73. The van der Waals surface area contributed by atoms with E-state index < -0.39 is 0 Å². The molecule has 0 unspecified atom stereocenters. The highest BCUT2D eigenvalue weighted by Gasteiger charge is 2.24. The van der Waals surface area contributed by atoms with Crippen LogP contribution in [0.4, 0.5) is 4.39 Å². The summed E-state index contributed by atoms with van der Waals surface area (Å²) in [6.45, 7) is 3.52. The van der Waals surface area contributed by atoms with Gasteiger partial charge in [0.2, 0.25) is 0 Å². The summed E-state index contributed by atoms with van der Waals surface area (Å²) in [7, 11) is 0. The maximum absolute atomic E-state index is 13.7. The van der Waals surface area contributed by atoms with Crippen LogP contribution in [0, 0.1) is 5.82 Å². The van der Waals surface area contributed by atoms with Gasteiger partial charge in [-0.2, -0.15) is 5.10 Å².